The Bertz CT molecular complexity index is 989. The Labute approximate surface area is 171 Å². The van der Waals surface area contributed by atoms with Crippen LogP contribution in [0.25, 0.3) is 0 Å². The van der Waals surface area contributed by atoms with Crippen molar-refractivity contribution in [1.29, 1.82) is 0 Å². The summed E-state index contributed by atoms with van der Waals surface area (Å²) in [6, 6.07) is 12.0. The van der Waals surface area contributed by atoms with Crippen LogP contribution >= 0.6 is 0 Å². The number of halogens is 4. The fraction of sp³-hybridized carbons (Fsp3) is 0.238. The van der Waals surface area contributed by atoms with Gasteiger partial charge in [0.2, 0.25) is 5.95 Å². The van der Waals surface area contributed by atoms with Gasteiger partial charge in [0.25, 0.3) is 0 Å². The fourth-order valence-corrected chi connectivity index (χ4v) is 2.64. The Morgan fingerprint density at radius 2 is 1.63 bits per heavy atom. The molecule has 0 aliphatic heterocycles. The third-order valence-electron chi connectivity index (χ3n) is 4.08. The van der Waals surface area contributed by atoms with Gasteiger partial charge in [0.1, 0.15) is 22.9 Å². The molecule has 1 heterocycles. The van der Waals surface area contributed by atoms with Crippen molar-refractivity contribution in [2.75, 3.05) is 17.3 Å². The zero-order valence-electron chi connectivity index (χ0n) is 16.5. The second kappa shape index (κ2) is 8.56. The molecule has 0 amide bonds. The van der Waals surface area contributed by atoms with Crippen molar-refractivity contribution in [3.8, 4) is 5.75 Å². The van der Waals surface area contributed by atoms with E-state index in [9.17, 15) is 17.6 Å². The van der Waals surface area contributed by atoms with Crippen LogP contribution in [0, 0.1) is 5.82 Å². The lowest BCUT2D eigenvalue weighted by atomic mass is 10.2. The molecule has 5 nitrogen and oxygen atoms in total. The van der Waals surface area contributed by atoms with Crippen molar-refractivity contribution >= 4 is 23.1 Å². The summed E-state index contributed by atoms with van der Waals surface area (Å²) < 4.78 is 59.1. The van der Waals surface area contributed by atoms with E-state index < -0.39 is 17.6 Å². The molecule has 0 unspecified atom stereocenters. The molecule has 1 aromatic heterocycles. The molecule has 2 aromatic carbocycles. The van der Waals surface area contributed by atoms with E-state index in [2.05, 4.69) is 15.3 Å². The van der Waals surface area contributed by atoms with Crippen molar-refractivity contribution in [3.63, 3.8) is 0 Å². The predicted octanol–water partition coefficient (Wildman–Crippen LogP) is 5.93. The van der Waals surface area contributed by atoms with Gasteiger partial charge in [0.15, 0.2) is 0 Å². The number of nitrogens with zero attached hydrogens (tertiary/aromatic N) is 3. The van der Waals surface area contributed by atoms with Gasteiger partial charge < -0.3 is 15.0 Å². The van der Waals surface area contributed by atoms with Crippen molar-refractivity contribution in [2.45, 2.75) is 26.1 Å². The molecule has 0 saturated carbocycles. The number of hydrogen-bond acceptors (Lipinski definition) is 5. The Hall–Kier alpha value is -3.36. The Kier molecular flexibility index (Phi) is 6.09. The molecule has 3 rings (SSSR count). The molecule has 0 radical (unpaired) electrons. The van der Waals surface area contributed by atoms with E-state index in [-0.39, 0.29) is 17.9 Å². The van der Waals surface area contributed by atoms with E-state index in [0.29, 0.717) is 17.1 Å². The highest BCUT2D eigenvalue weighted by molar-refractivity contribution is 5.64. The van der Waals surface area contributed by atoms with Crippen molar-refractivity contribution in [2.24, 2.45) is 0 Å². The largest absolute Gasteiger partial charge is 0.491 e. The smallest absolute Gasteiger partial charge is 0.421 e. The van der Waals surface area contributed by atoms with Crippen LogP contribution in [0.5, 0.6) is 5.75 Å². The van der Waals surface area contributed by atoms with Crippen molar-refractivity contribution in [3.05, 3.63) is 66.1 Å². The van der Waals surface area contributed by atoms with Gasteiger partial charge >= 0.3 is 6.18 Å². The zero-order valence-corrected chi connectivity index (χ0v) is 16.5. The van der Waals surface area contributed by atoms with Gasteiger partial charge in [-0.3, -0.25) is 0 Å². The van der Waals surface area contributed by atoms with Crippen LogP contribution in [0.1, 0.15) is 19.4 Å². The maximum Gasteiger partial charge on any atom is 0.421 e. The molecule has 9 heteroatoms. The number of nitrogens with one attached hydrogen (secondary N) is 1. The molecule has 158 valence electrons. The Morgan fingerprint density at radius 3 is 2.20 bits per heavy atom. The number of rotatable bonds is 6. The molecule has 0 bridgehead atoms. The molecule has 30 heavy (non-hydrogen) atoms. The summed E-state index contributed by atoms with van der Waals surface area (Å²) in [5.74, 6) is -0.186. The van der Waals surface area contributed by atoms with E-state index in [1.54, 1.807) is 31.3 Å². The number of hydrogen-bond donors (Lipinski definition) is 1. The number of aromatic nitrogens is 2. The normalized spacial score (nSPS) is 11.5. The standard InChI is InChI=1S/C21H20F4N4O/c1-13(2)30-17-10-6-15(7-11-17)27-19-18(21(23,24)25)12-26-20(28-19)29(3)16-8-4-14(22)5-9-16/h4-13H,1-3H3,(H,26,27,28). The van der Waals surface area contributed by atoms with E-state index in [1.165, 1.54) is 29.2 Å². The highest BCUT2D eigenvalue weighted by Gasteiger charge is 2.35. The molecule has 0 saturated heterocycles. The molecule has 0 fully saturated rings. The first kappa shape index (κ1) is 21.4. The van der Waals surface area contributed by atoms with Gasteiger partial charge in [-0.15, -0.1) is 0 Å². The highest BCUT2D eigenvalue weighted by atomic mass is 19.4. The van der Waals surface area contributed by atoms with Crippen molar-refractivity contribution in [1.82, 2.24) is 9.97 Å². The lowest BCUT2D eigenvalue weighted by molar-refractivity contribution is -0.137. The highest BCUT2D eigenvalue weighted by Crippen LogP contribution is 2.36. The summed E-state index contributed by atoms with van der Waals surface area (Å²) in [6.45, 7) is 3.75. The number of anilines is 4. The first-order valence-electron chi connectivity index (χ1n) is 9.11. The summed E-state index contributed by atoms with van der Waals surface area (Å²) in [4.78, 5) is 9.36. The zero-order chi connectivity index (χ0) is 21.9. The minimum absolute atomic E-state index is 0.0212. The second-order valence-electron chi connectivity index (χ2n) is 6.78. The van der Waals surface area contributed by atoms with Gasteiger partial charge in [0, 0.05) is 24.6 Å². The van der Waals surface area contributed by atoms with Gasteiger partial charge in [-0.25, -0.2) is 9.37 Å². The third-order valence-corrected chi connectivity index (χ3v) is 4.08. The van der Waals surface area contributed by atoms with Crippen LogP contribution < -0.4 is 15.0 Å². The minimum Gasteiger partial charge on any atom is -0.491 e. The average Bonchev–Trinajstić information content (AvgIpc) is 2.68. The molecule has 0 atom stereocenters. The molecule has 1 N–H and O–H groups in total. The molecule has 3 aromatic rings. The van der Waals surface area contributed by atoms with Gasteiger partial charge in [-0.05, 0) is 62.4 Å². The van der Waals surface area contributed by atoms with Crippen LogP contribution in [-0.2, 0) is 6.18 Å². The summed E-state index contributed by atoms with van der Waals surface area (Å²) in [5.41, 5.74) is -0.0655. The molecule has 0 aliphatic rings. The molecule has 0 spiro atoms. The summed E-state index contributed by atoms with van der Waals surface area (Å²) in [6.07, 6.45) is -3.94. The van der Waals surface area contributed by atoms with E-state index in [0.717, 1.165) is 6.20 Å². The predicted molar refractivity (Wildman–Crippen MR) is 107 cm³/mol. The monoisotopic (exact) mass is 420 g/mol. The number of ether oxygens (including phenoxy) is 1. The van der Waals surface area contributed by atoms with Gasteiger partial charge in [-0.1, -0.05) is 0 Å². The van der Waals surface area contributed by atoms with Gasteiger partial charge in [-0.2, -0.15) is 18.2 Å². The minimum atomic E-state index is -4.64. The van der Waals surface area contributed by atoms with Crippen LogP contribution in [0.4, 0.5) is 40.7 Å². The SMILES string of the molecule is CC(C)Oc1ccc(Nc2nc(N(C)c3ccc(F)cc3)ncc2C(F)(F)F)cc1. The maximum atomic E-state index is 13.5. The molecule has 0 aliphatic carbocycles. The second-order valence-corrected chi connectivity index (χ2v) is 6.78. The fourth-order valence-electron chi connectivity index (χ4n) is 2.64. The van der Waals surface area contributed by atoms with Crippen LogP contribution in [0.2, 0.25) is 0 Å². The summed E-state index contributed by atoms with van der Waals surface area (Å²) in [7, 11) is 1.58. The quantitative estimate of drug-likeness (QED) is 0.501. The molecular formula is C21H20F4N4O. The average molecular weight is 420 g/mol. The first-order chi connectivity index (χ1) is 14.1. The van der Waals surface area contributed by atoms with Crippen molar-refractivity contribution < 1.29 is 22.3 Å². The van der Waals surface area contributed by atoms with Gasteiger partial charge in [0.05, 0.1) is 6.10 Å². The van der Waals surface area contributed by atoms with Crippen LogP contribution in [-0.4, -0.2) is 23.1 Å². The maximum absolute atomic E-state index is 13.5. The van der Waals surface area contributed by atoms with E-state index in [4.69, 9.17) is 4.74 Å². The number of benzene rings is 2. The van der Waals surface area contributed by atoms with Crippen LogP contribution in [0.15, 0.2) is 54.7 Å². The third kappa shape index (κ3) is 5.16. The summed E-state index contributed by atoms with van der Waals surface area (Å²) >= 11 is 0. The Morgan fingerprint density at radius 1 is 1.00 bits per heavy atom. The van der Waals surface area contributed by atoms with E-state index in [1.807, 2.05) is 13.8 Å². The first-order valence-corrected chi connectivity index (χ1v) is 9.11. The van der Waals surface area contributed by atoms with E-state index >= 15 is 0 Å². The number of alkyl halides is 3. The molecular weight excluding hydrogens is 400 g/mol. The summed E-state index contributed by atoms with van der Waals surface area (Å²) in [5, 5.41) is 2.70. The Balaban J connectivity index is 1.92. The lowest BCUT2D eigenvalue weighted by Crippen LogP contribution is -2.17. The topological polar surface area (TPSA) is 50.3 Å². The lowest BCUT2D eigenvalue weighted by Gasteiger charge is -2.20. The van der Waals surface area contributed by atoms with Crippen LogP contribution in [0.3, 0.4) is 0 Å².